The van der Waals surface area contributed by atoms with Gasteiger partial charge in [-0.2, -0.15) is 5.26 Å². The van der Waals surface area contributed by atoms with E-state index in [0.717, 1.165) is 50.9 Å². The van der Waals surface area contributed by atoms with E-state index in [4.69, 9.17) is 15.7 Å². The lowest BCUT2D eigenvalue weighted by Crippen LogP contribution is -2.36. The third-order valence-corrected chi connectivity index (χ3v) is 5.31. The molecule has 0 saturated carbocycles. The van der Waals surface area contributed by atoms with Gasteiger partial charge in [0.1, 0.15) is 0 Å². The summed E-state index contributed by atoms with van der Waals surface area (Å²) in [5.74, 6) is 0.292. The topological polar surface area (TPSA) is 79.3 Å². The van der Waals surface area contributed by atoms with E-state index in [-0.39, 0.29) is 17.9 Å². The molecule has 0 unspecified atom stereocenters. The molecule has 2 fully saturated rings. The highest BCUT2D eigenvalue weighted by molar-refractivity contribution is 5.77. The number of likely N-dealkylation sites (tertiary alicyclic amines) is 1. The van der Waals surface area contributed by atoms with Crippen LogP contribution < -0.4 is 5.73 Å². The molecule has 2 N–H and O–H groups in total. The van der Waals surface area contributed by atoms with Crippen molar-refractivity contribution in [3.05, 3.63) is 35.4 Å². The van der Waals surface area contributed by atoms with Gasteiger partial charge >= 0.3 is 0 Å². The van der Waals surface area contributed by atoms with E-state index < -0.39 is 0 Å². The number of amides is 1. The van der Waals surface area contributed by atoms with Crippen molar-refractivity contribution in [3.8, 4) is 6.07 Å². The predicted molar refractivity (Wildman–Crippen MR) is 90.8 cm³/mol. The van der Waals surface area contributed by atoms with Crippen LogP contribution in [0.25, 0.3) is 0 Å². The van der Waals surface area contributed by atoms with Gasteiger partial charge in [0.25, 0.3) is 0 Å². The first-order valence-electron chi connectivity index (χ1n) is 8.78. The van der Waals surface area contributed by atoms with E-state index in [0.29, 0.717) is 12.5 Å². The molecule has 3 rings (SSSR count). The molecule has 1 aromatic rings. The third kappa shape index (κ3) is 4.14. The Balaban J connectivity index is 1.47. The lowest BCUT2D eigenvalue weighted by molar-refractivity contribution is -0.123. The van der Waals surface area contributed by atoms with Crippen LogP contribution in [0, 0.1) is 23.2 Å². The average Bonchev–Trinajstić information content (AvgIpc) is 3.05. The minimum Gasteiger partial charge on any atom is -0.377 e. The summed E-state index contributed by atoms with van der Waals surface area (Å²) in [6.07, 6.45) is 4.00. The Morgan fingerprint density at radius 1 is 1.33 bits per heavy atom. The number of ether oxygens (including phenoxy) is 1. The van der Waals surface area contributed by atoms with Crippen LogP contribution in [0.3, 0.4) is 0 Å². The summed E-state index contributed by atoms with van der Waals surface area (Å²) < 4.78 is 5.73. The molecule has 2 aliphatic heterocycles. The van der Waals surface area contributed by atoms with Crippen molar-refractivity contribution in [2.24, 2.45) is 17.6 Å². The van der Waals surface area contributed by atoms with Gasteiger partial charge in [-0.1, -0.05) is 12.1 Å². The van der Waals surface area contributed by atoms with E-state index in [1.165, 1.54) is 5.56 Å². The number of hydrogen-bond acceptors (Lipinski definition) is 4. The number of primary amides is 1. The number of nitrogens with zero attached hydrogens (tertiary/aromatic N) is 2. The van der Waals surface area contributed by atoms with Gasteiger partial charge in [-0.25, -0.2) is 0 Å². The summed E-state index contributed by atoms with van der Waals surface area (Å²) in [5.41, 5.74) is 7.39. The summed E-state index contributed by atoms with van der Waals surface area (Å²) in [4.78, 5) is 13.9. The molecule has 0 aromatic heterocycles. The van der Waals surface area contributed by atoms with Crippen molar-refractivity contribution in [1.82, 2.24) is 4.90 Å². The molecular formula is C19H25N3O2. The highest BCUT2D eigenvalue weighted by Crippen LogP contribution is 2.31. The highest BCUT2D eigenvalue weighted by atomic mass is 16.5. The van der Waals surface area contributed by atoms with E-state index in [1.54, 1.807) is 0 Å². The van der Waals surface area contributed by atoms with Gasteiger partial charge in [-0.05, 0) is 62.4 Å². The monoisotopic (exact) mass is 327 g/mol. The molecule has 2 aliphatic rings. The maximum absolute atomic E-state index is 11.5. The van der Waals surface area contributed by atoms with Crippen molar-refractivity contribution < 1.29 is 9.53 Å². The van der Waals surface area contributed by atoms with Crippen LogP contribution in [-0.4, -0.2) is 36.6 Å². The fraction of sp³-hybridized carbons (Fsp3) is 0.579. The molecule has 5 nitrogen and oxygen atoms in total. The summed E-state index contributed by atoms with van der Waals surface area (Å²) in [5, 5.41) is 8.99. The average molecular weight is 327 g/mol. The minimum absolute atomic E-state index is 0.0198. The molecule has 0 bridgehead atoms. The Kier molecular flexibility index (Phi) is 5.49. The van der Waals surface area contributed by atoms with Crippen molar-refractivity contribution >= 4 is 5.91 Å². The zero-order valence-electron chi connectivity index (χ0n) is 14.0. The summed E-state index contributed by atoms with van der Waals surface area (Å²) in [6.45, 7) is 3.66. The Morgan fingerprint density at radius 3 is 2.83 bits per heavy atom. The Morgan fingerprint density at radius 2 is 2.12 bits per heavy atom. The molecule has 1 amide bonds. The van der Waals surface area contributed by atoms with Gasteiger partial charge < -0.3 is 10.5 Å². The molecule has 0 aliphatic carbocycles. The maximum Gasteiger partial charge on any atom is 0.223 e. The van der Waals surface area contributed by atoms with E-state index >= 15 is 0 Å². The van der Waals surface area contributed by atoms with Crippen LogP contribution in [0.5, 0.6) is 0 Å². The predicted octanol–water partition coefficient (Wildman–Crippen LogP) is 2.05. The first-order chi connectivity index (χ1) is 11.7. The molecule has 5 heteroatoms. The van der Waals surface area contributed by atoms with E-state index in [9.17, 15) is 4.79 Å². The van der Waals surface area contributed by atoms with Crippen molar-refractivity contribution in [2.75, 3.05) is 19.7 Å². The molecule has 1 aromatic carbocycles. The normalized spacial score (nSPS) is 25.5. The van der Waals surface area contributed by atoms with Gasteiger partial charge in [0.15, 0.2) is 0 Å². The van der Waals surface area contributed by atoms with Gasteiger partial charge in [0.2, 0.25) is 5.91 Å². The maximum atomic E-state index is 11.5. The number of carbonyl (C=O) groups is 1. The van der Waals surface area contributed by atoms with Crippen LogP contribution in [0.4, 0.5) is 0 Å². The van der Waals surface area contributed by atoms with Gasteiger partial charge in [-0.15, -0.1) is 0 Å². The lowest BCUT2D eigenvalue weighted by Gasteiger charge is -2.33. The molecule has 2 heterocycles. The Hall–Kier alpha value is -1.90. The largest absolute Gasteiger partial charge is 0.377 e. The Bertz CT molecular complexity index is 617. The summed E-state index contributed by atoms with van der Waals surface area (Å²) in [6, 6.07) is 10.0. The lowest BCUT2D eigenvalue weighted by atomic mass is 9.86. The summed E-state index contributed by atoms with van der Waals surface area (Å²) in [7, 11) is 0. The number of benzene rings is 1. The first-order valence-corrected chi connectivity index (χ1v) is 8.78. The molecular weight excluding hydrogens is 302 g/mol. The fourth-order valence-corrected chi connectivity index (χ4v) is 3.91. The van der Waals surface area contributed by atoms with Gasteiger partial charge in [-0.3, -0.25) is 9.69 Å². The number of rotatable bonds is 5. The van der Waals surface area contributed by atoms with Crippen LogP contribution >= 0.6 is 0 Å². The van der Waals surface area contributed by atoms with Crippen LogP contribution in [0.1, 0.15) is 36.8 Å². The third-order valence-electron chi connectivity index (χ3n) is 5.31. The fourth-order valence-electron chi connectivity index (χ4n) is 3.91. The zero-order chi connectivity index (χ0) is 16.9. The van der Waals surface area contributed by atoms with Crippen LogP contribution in [-0.2, 0) is 16.1 Å². The SMILES string of the molecule is N#Cc1cccc(CN2CCC(C[C@H]3OCC[C@H]3C(N)=O)CC2)c1. The standard InChI is InChI=1S/C19H25N3O2/c20-12-15-2-1-3-16(10-15)13-22-7-4-14(5-8-22)11-18-17(19(21)23)6-9-24-18/h1-3,10,14,17-18H,4-9,11,13H2,(H2,21,23)/t17-,18-/m1/s1. The second-order valence-corrected chi connectivity index (χ2v) is 6.97. The quantitative estimate of drug-likeness (QED) is 0.897. The molecule has 0 spiro atoms. The number of nitriles is 1. The smallest absolute Gasteiger partial charge is 0.223 e. The molecule has 2 atom stereocenters. The van der Waals surface area contributed by atoms with Crippen molar-refractivity contribution in [2.45, 2.75) is 38.3 Å². The minimum atomic E-state index is -0.215. The van der Waals surface area contributed by atoms with E-state index in [2.05, 4.69) is 17.0 Å². The number of piperidine rings is 1. The zero-order valence-corrected chi connectivity index (χ0v) is 14.0. The molecule has 24 heavy (non-hydrogen) atoms. The van der Waals surface area contributed by atoms with E-state index in [1.807, 2.05) is 18.2 Å². The first kappa shape index (κ1) is 16.9. The molecule has 0 radical (unpaired) electrons. The van der Waals surface area contributed by atoms with Crippen molar-refractivity contribution in [3.63, 3.8) is 0 Å². The number of nitrogens with two attached hydrogens (primary N) is 1. The number of hydrogen-bond donors (Lipinski definition) is 1. The number of carbonyl (C=O) groups excluding carboxylic acids is 1. The molecule has 128 valence electrons. The van der Waals surface area contributed by atoms with Crippen LogP contribution in [0.15, 0.2) is 24.3 Å². The second-order valence-electron chi connectivity index (χ2n) is 6.97. The second kappa shape index (κ2) is 7.78. The summed E-state index contributed by atoms with van der Waals surface area (Å²) >= 11 is 0. The van der Waals surface area contributed by atoms with Crippen molar-refractivity contribution in [1.29, 1.82) is 5.26 Å². The van der Waals surface area contributed by atoms with Gasteiger partial charge in [0.05, 0.1) is 23.7 Å². The highest BCUT2D eigenvalue weighted by Gasteiger charge is 2.34. The van der Waals surface area contributed by atoms with Gasteiger partial charge in [0, 0.05) is 13.2 Å². The Labute approximate surface area is 143 Å². The van der Waals surface area contributed by atoms with Crippen LogP contribution in [0.2, 0.25) is 0 Å². The molecule has 2 saturated heterocycles.